The van der Waals surface area contributed by atoms with Crippen LogP contribution in [-0.4, -0.2) is 42.4 Å². The summed E-state index contributed by atoms with van der Waals surface area (Å²) >= 11 is 1.56. The van der Waals surface area contributed by atoms with Crippen LogP contribution < -0.4 is 10.6 Å². The highest BCUT2D eigenvalue weighted by Gasteiger charge is 2.35. The second-order valence-corrected chi connectivity index (χ2v) is 11.5. The lowest BCUT2D eigenvalue weighted by atomic mass is 9.84. The molecule has 35 heavy (non-hydrogen) atoms. The molecule has 0 spiro atoms. The maximum atomic E-state index is 13.2. The van der Waals surface area contributed by atoms with Gasteiger partial charge in [-0.3, -0.25) is 9.59 Å². The fourth-order valence-corrected chi connectivity index (χ4v) is 7.24. The first-order valence-electron chi connectivity index (χ1n) is 13.1. The summed E-state index contributed by atoms with van der Waals surface area (Å²) in [6.45, 7) is 3.32. The van der Waals surface area contributed by atoms with E-state index >= 15 is 0 Å². The van der Waals surface area contributed by atoms with Gasteiger partial charge in [0.2, 0.25) is 5.91 Å². The first kappa shape index (κ1) is 22.7. The Morgan fingerprint density at radius 3 is 2.49 bits per heavy atom. The van der Waals surface area contributed by atoms with E-state index in [1.165, 1.54) is 32.4 Å². The number of benzene rings is 2. The van der Waals surface area contributed by atoms with E-state index in [4.69, 9.17) is 0 Å². The Morgan fingerprint density at radius 2 is 1.71 bits per heavy atom. The first-order valence-corrected chi connectivity index (χ1v) is 13.9. The third kappa shape index (κ3) is 4.74. The van der Waals surface area contributed by atoms with Gasteiger partial charge in [-0.2, -0.15) is 0 Å². The Morgan fingerprint density at radius 1 is 0.914 bits per heavy atom. The van der Waals surface area contributed by atoms with Gasteiger partial charge in [0.25, 0.3) is 5.91 Å². The van der Waals surface area contributed by atoms with Crippen LogP contribution in [0.3, 0.4) is 0 Å². The fourth-order valence-electron chi connectivity index (χ4n) is 6.14. The molecule has 182 valence electrons. The molecule has 1 unspecified atom stereocenters. The van der Waals surface area contributed by atoms with Crippen molar-refractivity contribution in [2.75, 3.05) is 25.0 Å². The van der Waals surface area contributed by atoms with Crippen LogP contribution in [0.15, 0.2) is 48.5 Å². The van der Waals surface area contributed by atoms with Gasteiger partial charge in [0.1, 0.15) is 0 Å². The van der Waals surface area contributed by atoms with Crippen molar-refractivity contribution in [1.82, 2.24) is 10.2 Å². The van der Waals surface area contributed by atoms with Gasteiger partial charge in [0.15, 0.2) is 0 Å². The lowest BCUT2D eigenvalue weighted by molar-refractivity contribution is -0.120. The third-order valence-corrected chi connectivity index (χ3v) is 9.34. The maximum absolute atomic E-state index is 13.2. The smallest absolute Gasteiger partial charge is 0.261 e. The van der Waals surface area contributed by atoms with Gasteiger partial charge < -0.3 is 15.5 Å². The lowest BCUT2D eigenvalue weighted by Crippen LogP contribution is -2.57. The van der Waals surface area contributed by atoms with E-state index in [-0.39, 0.29) is 23.8 Å². The second-order valence-electron chi connectivity index (χ2n) is 10.5. The molecule has 3 aliphatic heterocycles. The number of thiophene rings is 1. The van der Waals surface area contributed by atoms with Crippen LogP contribution in [0.4, 0.5) is 5.69 Å². The van der Waals surface area contributed by atoms with Crippen molar-refractivity contribution in [2.24, 2.45) is 11.8 Å². The maximum Gasteiger partial charge on any atom is 0.261 e. The summed E-state index contributed by atoms with van der Waals surface area (Å²) in [5, 5.41) is 7.57. The molecule has 5 nitrogen and oxygen atoms in total. The molecular formula is C29H33N3O2S. The van der Waals surface area contributed by atoms with Crippen molar-refractivity contribution in [3.8, 4) is 11.1 Å². The van der Waals surface area contributed by atoms with Crippen molar-refractivity contribution in [1.29, 1.82) is 0 Å². The van der Waals surface area contributed by atoms with E-state index in [0.29, 0.717) is 5.92 Å². The number of rotatable bonds is 5. The minimum Gasteiger partial charge on any atom is -0.347 e. The standard InChI is InChI=1S/C29H33N3O2S/c33-28(20-6-2-1-3-7-20)30-23-10-4-8-21(16-23)24-11-5-9-22-17-26(35-27(22)24)29(34)31-25-18-32-14-12-19(25)13-15-32/h4-5,8-11,16-17,19-20,25H,1-3,6-7,12-15,18H2,(H,30,33)(H,31,34). The van der Waals surface area contributed by atoms with E-state index in [2.05, 4.69) is 39.8 Å². The molecule has 4 fully saturated rings. The van der Waals surface area contributed by atoms with Gasteiger partial charge in [-0.1, -0.05) is 49.6 Å². The highest BCUT2D eigenvalue weighted by molar-refractivity contribution is 7.21. The topological polar surface area (TPSA) is 61.4 Å². The van der Waals surface area contributed by atoms with Crippen molar-refractivity contribution in [3.05, 3.63) is 53.4 Å². The van der Waals surface area contributed by atoms with Crippen LogP contribution >= 0.6 is 11.3 Å². The van der Waals surface area contributed by atoms with Crippen LogP contribution in [0.5, 0.6) is 0 Å². The second kappa shape index (κ2) is 9.75. The fraction of sp³-hybridized carbons (Fsp3) is 0.448. The molecule has 1 atom stereocenters. The minimum absolute atomic E-state index is 0.0457. The summed E-state index contributed by atoms with van der Waals surface area (Å²) in [5.74, 6) is 0.929. The average molecular weight is 488 g/mol. The number of hydrogen-bond acceptors (Lipinski definition) is 4. The molecule has 2 N–H and O–H groups in total. The van der Waals surface area contributed by atoms with Crippen molar-refractivity contribution >= 4 is 38.9 Å². The highest BCUT2D eigenvalue weighted by Crippen LogP contribution is 2.36. The van der Waals surface area contributed by atoms with Crippen molar-refractivity contribution in [2.45, 2.75) is 51.0 Å². The van der Waals surface area contributed by atoms with Crippen LogP contribution in [-0.2, 0) is 4.79 Å². The molecule has 1 aliphatic carbocycles. The van der Waals surface area contributed by atoms with Gasteiger partial charge >= 0.3 is 0 Å². The summed E-state index contributed by atoms with van der Waals surface area (Å²) in [6.07, 6.45) is 7.89. The van der Waals surface area contributed by atoms with Crippen LogP contribution in [0, 0.1) is 11.8 Å². The van der Waals surface area contributed by atoms with E-state index in [0.717, 1.165) is 64.0 Å². The SMILES string of the molecule is O=C(NC1CN2CCC1CC2)c1cc2cccc(-c3cccc(NC(=O)C4CCCCC4)c3)c2s1. The van der Waals surface area contributed by atoms with E-state index in [9.17, 15) is 9.59 Å². The molecule has 2 aromatic carbocycles. The predicted octanol–water partition coefficient (Wildman–Crippen LogP) is 5.91. The number of hydrogen-bond donors (Lipinski definition) is 2. The molecule has 3 saturated heterocycles. The Kier molecular flexibility index (Phi) is 6.33. The van der Waals surface area contributed by atoms with Gasteiger partial charge in [-0.15, -0.1) is 11.3 Å². The molecule has 2 bridgehead atoms. The summed E-state index contributed by atoms with van der Waals surface area (Å²) < 4.78 is 1.11. The molecule has 0 radical (unpaired) electrons. The average Bonchev–Trinajstić information content (AvgIpc) is 3.35. The summed E-state index contributed by atoms with van der Waals surface area (Å²) in [6, 6.07) is 16.6. The summed E-state index contributed by atoms with van der Waals surface area (Å²) in [5.41, 5.74) is 3.00. The Bertz CT molecular complexity index is 1240. The van der Waals surface area contributed by atoms with Gasteiger partial charge in [-0.05, 0) is 79.4 Å². The number of carbonyl (C=O) groups is 2. The zero-order valence-electron chi connectivity index (χ0n) is 20.1. The molecule has 4 aliphatic rings. The Labute approximate surface area is 210 Å². The van der Waals surface area contributed by atoms with E-state index in [1.807, 2.05) is 24.3 Å². The number of anilines is 1. The summed E-state index contributed by atoms with van der Waals surface area (Å²) in [7, 11) is 0. The summed E-state index contributed by atoms with van der Waals surface area (Å²) in [4.78, 5) is 29.2. The number of amides is 2. The van der Waals surface area contributed by atoms with Crippen molar-refractivity contribution in [3.63, 3.8) is 0 Å². The largest absolute Gasteiger partial charge is 0.347 e. The van der Waals surface area contributed by atoms with E-state index in [1.54, 1.807) is 11.3 Å². The molecule has 1 aromatic heterocycles. The molecule has 1 saturated carbocycles. The Balaban J connectivity index is 1.22. The predicted molar refractivity (Wildman–Crippen MR) is 143 cm³/mol. The highest BCUT2D eigenvalue weighted by atomic mass is 32.1. The van der Waals surface area contributed by atoms with Crippen LogP contribution in [0.25, 0.3) is 21.2 Å². The third-order valence-electron chi connectivity index (χ3n) is 8.16. The van der Waals surface area contributed by atoms with Gasteiger partial charge in [0, 0.05) is 28.9 Å². The number of carbonyl (C=O) groups excluding carboxylic acids is 2. The minimum atomic E-state index is 0.0457. The Hall–Kier alpha value is -2.70. The molecule has 4 heterocycles. The number of piperidine rings is 3. The lowest BCUT2D eigenvalue weighted by Gasteiger charge is -2.44. The zero-order chi connectivity index (χ0) is 23.8. The number of nitrogens with one attached hydrogen (secondary N) is 2. The monoisotopic (exact) mass is 487 g/mol. The molecular weight excluding hydrogens is 454 g/mol. The normalized spacial score (nSPS) is 24.4. The molecule has 2 amide bonds. The molecule has 7 rings (SSSR count). The van der Waals surface area contributed by atoms with Gasteiger partial charge in [-0.25, -0.2) is 0 Å². The van der Waals surface area contributed by atoms with Gasteiger partial charge in [0.05, 0.1) is 4.88 Å². The van der Waals surface area contributed by atoms with Crippen LogP contribution in [0.2, 0.25) is 0 Å². The number of fused-ring (bicyclic) bond motifs is 4. The first-order chi connectivity index (χ1) is 17.1. The van der Waals surface area contributed by atoms with E-state index < -0.39 is 0 Å². The number of nitrogens with zero attached hydrogens (tertiary/aromatic N) is 1. The van der Waals surface area contributed by atoms with Crippen LogP contribution in [0.1, 0.15) is 54.6 Å². The zero-order valence-corrected chi connectivity index (χ0v) is 20.9. The molecule has 3 aromatic rings. The quantitative estimate of drug-likeness (QED) is 0.470. The molecule has 6 heteroatoms. The van der Waals surface area contributed by atoms with Crippen molar-refractivity contribution < 1.29 is 9.59 Å².